The highest BCUT2D eigenvalue weighted by Crippen LogP contribution is 2.12. The van der Waals surface area contributed by atoms with Gasteiger partial charge in [0.2, 0.25) is 0 Å². The second-order valence-electron chi connectivity index (χ2n) is 5.12. The fourth-order valence-electron chi connectivity index (χ4n) is 2.11. The zero-order valence-electron chi connectivity index (χ0n) is 13.1. The first-order valence-electron chi connectivity index (χ1n) is 7.13. The Morgan fingerprint density at radius 3 is 2.52 bits per heavy atom. The van der Waals surface area contributed by atoms with Crippen molar-refractivity contribution in [3.63, 3.8) is 0 Å². The van der Waals surface area contributed by atoms with Crippen LogP contribution >= 0.6 is 0 Å². The molecule has 0 saturated carbocycles. The van der Waals surface area contributed by atoms with Crippen molar-refractivity contribution in [2.24, 2.45) is 0 Å². The van der Waals surface area contributed by atoms with Crippen LogP contribution in [0.4, 0.5) is 0 Å². The van der Waals surface area contributed by atoms with Crippen molar-refractivity contribution >= 4 is 11.9 Å². The number of hydrogen-bond acceptors (Lipinski definition) is 4. The summed E-state index contributed by atoms with van der Waals surface area (Å²) in [5.41, 5.74) is 2.30. The van der Waals surface area contributed by atoms with Crippen LogP contribution in [0.2, 0.25) is 0 Å². The van der Waals surface area contributed by atoms with Crippen molar-refractivity contribution < 1.29 is 19.4 Å². The highest BCUT2D eigenvalue weighted by Gasteiger charge is 2.18. The number of ether oxygens (including phenoxy) is 1. The third-order valence-electron chi connectivity index (χ3n) is 3.27. The largest absolute Gasteiger partial charge is 0.480 e. The highest BCUT2D eigenvalue weighted by atomic mass is 16.5. The van der Waals surface area contributed by atoms with E-state index in [4.69, 9.17) is 9.84 Å². The van der Waals surface area contributed by atoms with Crippen molar-refractivity contribution in [3.8, 4) is 5.69 Å². The predicted molar refractivity (Wildman–Crippen MR) is 83.7 cm³/mol. The van der Waals surface area contributed by atoms with E-state index in [1.54, 1.807) is 35.1 Å². The molecule has 1 aromatic carbocycles. The summed E-state index contributed by atoms with van der Waals surface area (Å²) in [6.07, 6.45) is 3.63. The van der Waals surface area contributed by atoms with Gasteiger partial charge in [0.1, 0.15) is 6.54 Å². The van der Waals surface area contributed by atoms with Gasteiger partial charge in [-0.2, -0.15) is 5.10 Å². The molecule has 1 N–H and O–H groups in total. The quantitative estimate of drug-likeness (QED) is 0.833. The summed E-state index contributed by atoms with van der Waals surface area (Å²) in [6.45, 7) is 2.09. The van der Waals surface area contributed by atoms with Gasteiger partial charge < -0.3 is 14.7 Å². The summed E-state index contributed by atoms with van der Waals surface area (Å²) in [5, 5.41) is 13.1. The van der Waals surface area contributed by atoms with Gasteiger partial charge in [0.05, 0.1) is 18.5 Å². The third-order valence-corrected chi connectivity index (χ3v) is 3.27. The molecule has 0 unspecified atom stereocenters. The predicted octanol–water partition coefficient (Wildman–Crippen LogP) is 1.35. The van der Waals surface area contributed by atoms with E-state index in [9.17, 15) is 9.59 Å². The molecule has 0 atom stereocenters. The van der Waals surface area contributed by atoms with Crippen LogP contribution in [0.25, 0.3) is 5.69 Å². The van der Waals surface area contributed by atoms with Crippen molar-refractivity contribution in [2.75, 3.05) is 26.8 Å². The second-order valence-corrected chi connectivity index (χ2v) is 5.12. The van der Waals surface area contributed by atoms with Crippen LogP contribution in [0, 0.1) is 6.92 Å². The zero-order valence-corrected chi connectivity index (χ0v) is 13.1. The number of aliphatic carboxylic acids is 1. The number of carboxylic acids is 1. The first kappa shape index (κ1) is 16.7. The number of methoxy groups -OCH3 is 1. The van der Waals surface area contributed by atoms with E-state index in [0.717, 1.165) is 11.3 Å². The van der Waals surface area contributed by atoms with Crippen LogP contribution in [0.1, 0.15) is 15.9 Å². The van der Waals surface area contributed by atoms with Gasteiger partial charge in [0.25, 0.3) is 5.91 Å². The first-order valence-corrected chi connectivity index (χ1v) is 7.13. The molecule has 2 aromatic rings. The van der Waals surface area contributed by atoms with Crippen LogP contribution in [0.5, 0.6) is 0 Å². The molecule has 0 saturated heterocycles. The highest BCUT2D eigenvalue weighted by molar-refractivity contribution is 5.96. The number of aromatic nitrogens is 2. The molecular weight excluding hydrogens is 298 g/mol. The van der Waals surface area contributed by atoms with Crippen LogP contribution in [0.15, 0.2) is 36.7 Å². The molecule has 0 spiro atoms. The molecule has 1 amide bonds. The minimum Gasteiger partial charge on any atom is -0.480 e. The summed E-state index contributed by atoms with van der Waals surface area (Å²) >= 11 is 0. The van der Waals surface area contributed by atoms with Crippen LogP contribution < -0.4 is 0 Å². The number of carbonyl (C=O) groups is 2. The number of carboxylic acid groups (broad SMARTS) is 1. The number of hydrogen-bond donors (Lipinski definition) is 1. The maximum Gasteiger partial charge on any atom is 0.323 e. The number of nitrogens with zero attached hydrogens (tertiary/aromatic N) is 3. The zero-order chi connectivity index (χ0) is 16.8. The van der Waals surface area contributed by atoms with E-state index < -0.39 is 5.97 Å². The lowest BCUT2D eigenvalue weighted by Gasteiger charge is -2.20. The SMILES string of the molecule is COCCN(CC(=O)O)C(=O)c1ccc(-n2cc(C)cn2)cc1. The lowest BCUT2D eigenvalue weighted by molar-refractivity contribution is -0.137. The Morgan fingerprint density at radius 2 is 2.00 bits per heavy atom. The fourth-order valence-corrected chi connectivity index (χ4v) is 2.11. The lowest BCUT2D eigenvalue weighted by Crippen LogP contribution is -2.38. The van der Waals surface area contributed by atoms with E-state index in [1.807, 2.05) is 13.1 Å². The third kappa shape index (κ3) is 4.40. The molecule has 0 fully saturated rings. The van der Waals surface area contributed by atoms with Gasteiger partial charge in [0, 0.05) is 25.4 Å². The molecule has 23 heavy (non-hydrogen) atoms. The smallest absolute Gasteiger partial charge is 0.323 e. The summed E-state index contributed by atoms with van der Waals surface area (Å²) in [6, 6.07) is 6.87. The monoisotopic (exact) mass is 317 g/mol. The van der Waals surface area contributed by atoms with E-state index in [1.165, 1.54) is 12.0 Å². The van der Waals surface area contributed by atoms with E-state index in [2.05, 4.69) is 5.10 Å². The molecule has 2 rings (SSSR count). The number of carbonyl (C=O) groups excluding carboxylic acids is 1. The molecule has 0 aliphatic heterocycles. The van der Waals surface area contributed by atoms with Crippen molar-refractivity contribution in [1.29, 1.82) is 0 Å². The summed E-state index contributed by atoms with van der Waals surface area (Å²) in [5.74, 6) is -1.40. The topological polar surface area (TPSA) is 84.7 Å². The van der Waals surface area contributed by atoms with Gasteiger partial charge in [-0.1, -0.05) is 0 Å². The Balaban J connectivity index is 2.15. The summed E-state index contributed by atoms with van der Waals surface area (Å²) in [4.78, 5) is 24.6. The van der Waals surface area contributed by atoms with Crippen LogP contribution in [-0.2, 0) is 9.53 Å². The van der Waals surface area contributed by atoms with Crippen molar-refractivity contribution in [2.45, 2.75) is 6.92 Å². The van der Waals surface area contributed by atoms with E-state index in [0.29, 0.717) is 5.56 Å². The summed E-state index contributed by atoms with van der Waals surface area (Å²) < 4.78 is 6.63. The van der Waals surface area contributed by atoms with Gasteiger partial charge in [0.15, 0.2) is 0 Å². The Bertz CT molecular complexity index is 679. The second kappa shape index (κ2) is 7.55. The Kier molecular flexibility index (Phi) is 5.48. The average molecular weight is 317 g/mol. The standard InChI is InChI=1S/C16H19N3O4/c1-12-9-17-19(10-12)14-5-3-13(4-6-14)16(22)18(7-8-23-2)11-15(20)21/h3-6,9-10H,7-8,11H2,1-2H3,(H,20,21). The van der Waals surface area contributed by atoms with Gasteiger partial charge >= 0.3 is 5.97 Å². The fraction of sp³-hybridized carbons (Fsp3) is 0.312. The minimum absolute atomic E-state index is 0.224. The lowest BCUT2D eigenvalue weighted by atomic mass is 10.1. The maximum atomic E-state index is 12.4. The minimum atomic E-state index is -1.06. The number of aryl methyl sites for hydroxylation is 1. The Labute approximate surface area is 134 Å². The van der Waals surface area contributed by atoms with Crippen LogP contribution in [-0.4, -0.2) is 58.5 Å². The van der Waals surface area contributed by atoms with Gasteiger partial charge in [-0.15, -0.1) is 0 Å². The molecule has 0 aliphatic rings. The number of rotatable bonds is 7. The van der Waals surface area contributed by atoms with Gasteiger partial charge in [-0.05, 0) is 36.8 Å². The van der Waals surface area contributed by atoms with E-state index in [-0.39, 0.29) is 25.6 Å². The van der Waals surface area contributed by atoms with Crippen molar-refractivity contribution in [3.05, 3.63) is 47.8 Å². The Hall–Kier alpha value is -2.67. The molecule has 0 radical (unpaired) electrons. The van der Waals surface area contributed by atoms with Crippen molar-refractivity contribution in [1.82, 2.24) is 14.7 Å². The van der Waals surface area contributed by atoms with Crippen LogP contribution in [0.3, 0.4) is 0 Å². The van der Waals surface area contributed by atoms with E-state index >= 15 is 0 Å². The molecule has 7 nitrogen and oxygen atoms in total. The molecule has 1 aromatic heterocycles. The molecule has 0 aliphatic carbocycles. The molecule has 1 heterocycles. The summed E-state index contributed by atoms with van der Waals surface area (Å²) in [7, 11) is 1.50. The molecule has 7 heteroatoms. The molecular formula is C16H19N3O4. The van der Waals surface area contributed by atoms with Gasteiger partial charge in [-0.25, -0.2) is 4.68 Å². The Morgan fingerprint density at radius 1 is 1.30 bits per heavy atom. The number of amides is 1. The maximum absolute atomic E-state index is 12.4. The number of benzene rings is 1. The molecule has 122 valence electrons. The first-order chi connectivity index (χ1) is 11.0. The van der Waals surface area contributed by atoms with Gasteiger partial charge in [-0.3, -0.25) is 9.59 Å². The normalized spacial score (nSPS) is 10.5. The molecule has 0 bridgehead atoms. The average Bonchev–Trinajstić information content (AvgIpc) is 2.97.